The van der Waals surface area contributed by atoms with E-state index < -0.39 is 0 Å². The molecule has 0 bridgehead atoms. The van der Waals surface area contributed by atoms with Crippen molar-refractivity contribution in [2.24, 2.45) is 0 Å². The average molecular weight is 460 g/mol. The minimum Gasteiger partial charge on any atom is -0.497 e. The summed E-state index contributed by atoms with van der Waals surface area (Å²) in [5.74, 6) is 0.840. The molecule has 2 aromatic heterocycles. The van der Waals surface area contributed by atoms with E-state index in [-0.39, 0.29) is 5.56 Å². The molecular weight excluding hydrogens is 430 g/mol. The molecular formula is C27H29N3O2S. The van der Waals surface area contributed by atoms with Crippen LogP contribution >= 0.6 is 11.3 Å². The minimum atomic E-state index is 0.0940. The molecule has 0 amide bonds. The molecule has 0 saturated heterocycles. The van der Waals surface area contributed by atoms with Gasteiger partial charge in [-0.2, -0.15) is 0 Å². The number of thiophene rings is 1. The monoisotopic (exact) mass is 459 g/mol. The van der Waals surface area contributed by atoms with Crippen molar-refractivity contribution in [3.63, 3.8) is 0 Å². The smallest absolute Gasteiger partial charge is 0.262 e. The Balaban J connectivity index is 1.34. The molecule has 1 aliphatic carbocycles. The molecule has 0 saturated carbocycles. The Bertz CT molecular complexity index is 1310. The molecule has 2 aromatic carbocycles. The molecule has 5 nitrogen and oxygen atoms in total. The Morgan fingerprint density at radius 1 is 1.15 bits per heavy atom. The number of nitrogens with zero attached hydrogens (tertiary/aromatic N) is 3. The Labute approximate surface area is 198 Å². The second-order valence-corrected chi connectivity index (χ2v) is 9.91. The maximum absolute atomic E-state index is 13.4. The lowest BCUT2D eigenvalue weighted by Crippen LogP contribution is -2.35. The zero-order valence-corrected chi connectivity index (χ0v) is 20.0. The van der Waals surface area contributed by atoms with Crippen LogP contribution in [0.4, 0.5) is 0 Å². The van der Waals surface area contributed by atoms with Gasteiger partial charge in [-0.25, -0.2) is 4.98 Å². The summed E-state index contributed by atoms with van der Waals surface area (Å²) in [5, 5.41) is 0.840. The molecule has 4 aromatic rings. The molecule has 2 heterocycles. The van der Waals surface area contributed by atoms with E-state index in [1.165, 1.54) is 16.0 Å². The molecule has 0 radical (unpaired) electrons. The van der Waals surface area contributed by atoms with Crippen LogP contribution in [0, 0.1) is 0 Å². The van der Waals surface area contributed by atoms with E-state index in [0.717, 1.165) is 53.8 Å². The summed E-state index contributed by atoms with van der Waals surface area (Å²) in [7, 11) is 3.88. The molecule has 0 aliphatic heterocycles. The Morgan fingerprint density at radius 3 is 2.79 bits per heavy atom. The summed E-state index contributed by atoms with van der Waals surface area (Å²) in [5.41, 5.74) is 3.81. The van der Waals surface area contributed by atoms with E-state index in [2.05, 4.69) is 53.3 Å². The lowest BCUT2D eigenvalue weighted by molar-refractivity contribution is 0.215. The molecule has 0 fully saturated rings. The van der Waals surface area contributed by atoms with E-state index in [1.54, 1.807) is 29.3 Å². The summed E-state index contributed by atoms with van der Waals surface area (Å²) in [6.45, 7) is 1.56. The van der Waals surface area contributed by atoms with Crippen molar-refractivity contribution in [3.05, 3.63) is 92.8 Å². The van der Waals surface area contributed by atoms with Gasteiger partial charge >= 0.3 is 0 Å². The van der Waals surface area contributed by atoms with Gasteiger partial charge in [0.15, 0.2) is 0 Å². The number of rotatable bonds is 7. The van der Waals surface area contributed by atoms with Crippen LogP contribution < -0.4 is 10.3 Å². The summed E-state index contributed by atoms with van der Waals surface area (Å²) in [6, 6.07) is 19.1. The third kappa shape index (κ3) is 4.59. The molecule has 1 aliphatic rings. The first-order chi connectivity index (χ1) is 16.1. The quantitative estimate of drug-likeness (QED) is 0.402. The standard InChI is InChI=1S/C27H29N3O2S/c1-29(17-20-7-4-3-5-8-20)21-11-12-23-24(16-21)33-26-25(23)27(31)30(18-28-26)14-13-19-9-6-10-22(15-19)32-2/h3-10,15,18,21H,11-14,16-17H2,1-2H3. The number of fused-ring (bicyclic) bond motifs is 3. The molecule has 0 N–H and O–H groups in total. The van der Waals surface area contributed by atoms with E-state index in [4.69, 9.17) is 4.74 Å². The molecule has 0 spiro atoms. The first-order valence-corrected chi connectivity index (χ1v) is 12.3. The van der Waals surface area contributed by atoms with Crippen LogP contribution in [0.1, 0.15) is 28.0 Å². The largest absolute Gasteiger partial charge is 0.497 e. The summed E-state index contributed by atoms with van der Waals surface area (Å²) in [4.78, 5) is 22.7. The van der Waals surface area contributed by atoms with Gasteiger partial charge in [0, 0.05) is 24.0 Å². The van der Waals surface area contributed by atoms with Gasteiger partial charge in [0.25, 0.3) is 5.56 Å². The number of aryl methyl sites for hydroxylation is 3. The first kappa shape index (κ1) is 21.9. The van der Waals surface area contributed by atoms with Crippen LogP contribution in [0.5, 0.6) is 5.75 Å². The second-order valence-electron chi connectivity index (χ2n) is 8.83. The molecule has 33 heavy (non-hydrogen) atoms. The topological polar surface area (TPSA) is 47.4 Å². The number of hydrogen-bond acceptors (Lipinski definition) is 5. The van der Waals surface area contributed by atoms with Crippen LogP contribution in [0.3, 0.4) is 0 Å². The highest BCUT2D eigenvalue weighted by Gasteiger charge is 2.27. The van der Waals surface area contributed by atoms with E-state index in [9.17, 15) is 4.79 Å². The Morgan fingerprint density at radius 2 is 1.97 bits per heavy atom. The van der Waals surface area contributed by atoms with Crippen molar-refractivity contribution < 1.29 is 4.74 Å². The molecule has 6 heteroatoms. The van der Waals surface area contributed by atoms with Crippen molar-refractivity contribution >= 4 is 21.6 Å². The molecule has 1 atom stereocenters. The van der Waals surface area contributed by atoms with Crippen LogP contribution in [0.2, 0.25) is 0 Å². The van der Waals surface area contributed by atoms with Gasteiger partial charge in [-0.1, -0.05) is 42.5 Å². The fraction of sp³-hybridized carbons (Fsp3) is 0.333. The number of ether oxygens (including phenoxy) is 1. The zero-order valence-electron chi connectivity index (χ0n) is 19.2. The Hall–Kier alpha value is -2.96. The van der Waals surface area contributed by atoms with Gasteiger partial charge in [0.05, 0.1) is 18.8 Å². The zero-order chi connectivity index (χ0) is 22.8. The lowest BCUT2D eigenvalue weighted by Gasteiger charge is -2.31. The fourth-order valence-corrected chi connectivity index (χ4v) is 6.05. The first-order valence-electron chi connectivity index (χ1n) is 11.5. The number of hydrogen-bond donors (Lipinski definition) is 0. The van der Waals surface area contributed by atoms with Crippen LogP contribution in [0.15, 0.2) is 65.7 Å². The predicted molar refractivity (Wildman–Crippen MR) is 134 cm³/mol. The fourth-order valence-electron chi connectivity index (χ4n) is 4.80. The van der Waals surface area contributed by atoms with E-state index >= 15 is 0 Å². The normalized spacial score (nSPS) is 15.7. The minimum absolute atomic E-state index is 0.0940. The molecule has 1 unspecified atom stereocenters. The van der Waals surface area contributed by atoms with Gasteiger partial charge in [0.2, 0.25) is 0 Å². The molecule has 170 valence electrons. The van der Waals surface area contributed by atoms with Gasteiger partial charge in [0.1, 0.15) is 10.6 Å². The lowest BCUT2D eigenvalue weighted by atomic mass is 9.92. The van der Waals surface area contributed by atoms with E-state index in [1.807, 2.05) is 18.2 Å². The number of methoxy groups -OCH3 is 1. The van der Waals surface area contributed by atoms with Gasteiger partial charge < -0.3 is 4.74 Å². The van der Waals surface area contributed by atoms with Crippen LogP contribution in [-0.2, 0) is 32.4 Å². The summed E-state index contributed by atoms with van der Waals surface area (Å²) < 4.78 is 7.08. The highest BCUT2D eigenvalue weighted by Crippen LogP contribution is 2.35. The third-order valence-electron chi connectivity index (χ3n) is 6.68. The summed E-state index contributed by atoms with van der Waals surface area (Å²) in [6.07, 6.45) is 5.48. The van der Waals surface area contributed by atoms with Crippen molar-refractivity contribution in [2.75, 3.05) is 14.2 Å². The van der Waals surface area contributed by atoms with Crippen molar-refractivity contribution in [3.8, 4) is 5.75 Å². The van der Waals surface area contributed by atoms with Crippen LogP contribution in [-0.4, -0.2) is 34.7 Å². The highest BCUT2D eigenvalue weighted by molar-refractivity contribution is 7.18. The van der Waals surface area contributed by atoms with Gasteiger partial charge in [-0.3, -0.25) is 14.3 Å². The van der Waals surface area contributed by atoms with Crippen molar-refractivity contribution in [2.45, 2.75) is 44.8 Å². The van der Waals surface area contributed by atoms with Gasteiger partial charge in [-0.15, -0.1) is 11.3 Å². The van der Waals surface area contributed by atoms with E-state index in [0.29, 0.717) is 12.6 Å². The summed E-state index contributed by atoms with van der Waals surface area (Å²) >= 11 is 1.70. The second kappa shape index (κ2) is 9.49. The number of likely N-dealkylation sites (N-methyl/N-ethyl adjacent to an activating group) is 1. The third-order valence-corrected chi connectivity index (χ3v) is 7.85. The average Bonchev–Trinajstić information content (AvgIpc) is 3.23. The highest BCUT2D eigenvalue weighted by atomic mass is 32.1. The Kier molecular flexibility index (Phi) is 6.29. The van der Waals surface area contributed by atoms with Crippen LogP contribution in [0.25, 0.3) is 10.2 Å². The maximum atomic E-state index is 13.4. The molecule has 5 rings (SSSR count). The predicted octanol–water partition coefficient (Wildman–Crippen LogP) is 4.70. The van der Waals surface area contributed by atoms with Gasteiger partial charge in [-0.05, 0) is 61.6 Å². The number of benzene rings is 2. The maximum Gasteiger partial charge on any atom is 0.262 e. The SMILES string of the molecule is COc1cccc(CCn2cnc3sc4c(c3c2=O)CCC(N(C)Cc2ccccc2)C4)c1. The van der Waals surface area contributed by atoms with Crippen molar-refractivity contribution in [1.29, 1.82) is 0 Å². The number of aromatic nitrogens is 2. The van der Waals surface area contributed by atoms with Crippen molar-refractivity contribution in [1.82, 2.24) is 14.5 Å².